The summed E-state index contributed by atoms with van der Waals surface area (Å²) in [5.74, 6) is -1.74. The first kappa shape index (κ1) is 21.0. The molecule has 0 aliphatic rings. The zero-order chi connectivity index (χ0) is 20.6. The van der Waals surface area contributed by atoms with Crippen molar-refractivity contribution in [2.75, 3.05) is 0 Å². The van der Waals surface area contributed by atoms with Gasteiger partial charge in [0.05, 0.1) is 5.97 Å². The molecule has 0 aliphatic carbocycles. The summed E-state index contributed by atoms with van der Waals surface area (Å²) in [6.45, 7) is 14.4. The second-order valence-electron chi connectivity index (χ2n) is 9.40. The topological polar surface area (TPSA) is 60.4 Å². The largest absolute Gasteiger partial charge is 0.549 e. The van der Waals surface area contributed by atoms with Crippen molar-refractivity contribution in [3.8, 4) is 5.75 Å². The first-order valence-corrected chi connectivity index (χ1v) is 9.44. The van der Waals surface area contributed by atoms with Crippen LogP contribution in [0.1, 0.15) is 74.8 Å². The standard InChI is InChI=1S/C24H32O3/c1-15-16(2)21(25)19(24(6,7)14-23(3,4)5)13-18(15)20(22(26)27)17-11-9-8-10-12-17/h8-13,20,25H,14H2,1-7H3,(H,26,27)/p-1. The van der Waals surface area contributed by atoms with Crippen LogP contribution in [0.25, 0.3) is 0 Å². The molecule has 2 aromatic carbocycles. The lowest BCUT2D eigenvalue weighted by Gasteiger charge is -2.35. The molecule has 0 bridgehead atoms. The number of rotatable bonds is 5. The fraction of sp³-hybridized carbons (Fsp3) is 0.458. The van der Waals surface area contributed by atoms with E-state index in [0.717, 1.165) is 23.1 Å². The van der Waals surface area contributed by atoms with Gasteiger partial charge < -0.3 is 15.0 Å². The van der Waals surface area contributed by atoms with Crippen LogP contribution in [0.15, 0.2) is 36.4 Å². The molecule has 2 aromatic rings. The maximum Gasteiger partial charge on any atom is 0.122 e. The predicted molar refractivity (Wildman–Crippen MR) is 108 cm³/mol. The van der Waals surface area contributed by atoms with Crippen molar-refractivity contribution >= 4 is 5.97 Å². The van der Waals surface area contributed by atoms with Gasteiger partial charge in [-0.2, -0.15) is 0 Å². The summed E-state index contributed by atoms with van der Waals surface area (Å²) in [5.41, 5.74) is 3.45. The Morgan fingerprint density at radius 3 is 2.07 bits per heavy atom. The van der Waals surface area contributed by atoms with Crippen molar-refractivity contribution in [3.05, 3.63) is 64.2 Å². The molecule has 1 atom stereocenters. The van der Waals surface area contributed by atoms with E-state index >= 15 is 0 Å². The third-order valence-electron chi connectivity index (χ3n) is 5.29. The molecule has 3 nitrogen and oxygen atoms in total. The minimum Gasteiger partial charge on any atom is -0.549 e. The molecule has 0 heterocycles. The van der Waals surface area contributed by atoms with E-state index in [2.05, 4.69) is 34.6 Å². The fourth-order valence-corrected chi connectivity index (χ4v) is 4.25. The SMILES string of the molecule is Cc1c(C(C(=O)[O-])c2ccccc2)cc(C(C)(C)CC(C)(C)C)c(O)c1C. The molecule has 1 N–H and O–H groups in total. The number of carbonyl (C=O) groups is 1. The van der Waals surface area contributed by atoms with Crippen molar-refractivity contribution in [1.82, 2.24) is 0 Å². The summed E-state index contributed by atoms with van der Waals surface area (Å²) in [6.07, 6.45) is 0.858. The zero-order valence-corrected chi connectivity index (χ0v) is 17.5. The lowest BCUT2D eigenvalue weighted by atomic mass is 9.70. The number of carboxylic acid groups (broad SMARTS) is 1. The number of carbonyl (C=O) groups excluding carboxylic acids is 1. The summed E-state index contributed by atoms with van der Waals surface area (Å²) in [6, 6.07) is 11.0. The predicted octanol–water partition coefficient (Wildman–Crippen LogP) is 4.60. The number of carboxylic acids is 1. The molecule has 146 valence electrons. The fourth-order valence-electron chi connectivity index (χ4n) is 4.25. The molecule has 0 spiro atoms. The van der Waals surface area contributed by atoms with Gasteiger partial charge in [0, 0.05) is 11.5 Å². The summed E-state index contributed by atoms with van der Waals surface area (Å²) >= 11 is 0. The summed E-state index contributed by atoms with van der Waals surface area (Å²) in [5, 5.41) is 22.9. The second-order valence-corrected chi connectivity index (χ2v) is 9.40. The van der Waals surface area contributed by atoms with Crippen LogP contribution in [0.4, 0.5) is 0 Å². The van der Waals surface area contributed by atoms with Crippen LogP contribution in [0, 0.1) is 19.3 Å². The van der Waals surface area contributed by atoms with E-state index in [4.69, 9.17) is 0 Å². The van der Waals surface area contributed by atoms with Gasteiger partial charge in [0.25, 0.3) is 0 Å². The Morgan fingerprint density at radius 2 is 1.59 bits per heavy atom. The van der Waals surface area contributed by atoms with Gasteiger partial charge in [-0.1, -0.05) is 71.0 Å². The van der Waals surface area contributed by atoms with E-state index in [1.165, 1.54) is 0 Å². The van der Waals surface area contributed by atoms with Gasteiger partial charge in [0.15, 0.2) is 0 Å². The minimum atomic E-state index is -1.13. The van der Waals surface area contributed by atoms with Crippen LogP contribution in [-0.2, 0) is 10.2 Å². The first-order valence-electron chi connectivity index (χ1n) is 9.44. The lowest BCUT2D eigenvalue weighted by Crippen LogP contribution is -2.32. The van der Waals surface area contributed by atoms with Crippen molar-refractivity contribution in [1.29, 1.82) is 0 Å². The highest BCUT2D eigenvalue weighted by Crippen LogP contribution is 2.44. The number of aromatic hydroxyl groups is 1. The molecule has 1 unspecified atom stereocenters. The van der Waals surface area contributed by atoms with Gasteiger partial charge in [0.2, 0.25) is 0 Å². The van der Waals surface area contributed by atoms with Crippen LogP contribution in [0.2, 0.25) is 0 Å². The Balaban J connectivity index is 2.71. The maximum absolute atomic E-state index is 12.1. The normalized spacial score (nSPS) is 13.4. The van der Waals surface area contributed by atoms with Crippen molar-refractivity contribution in [2.45, 2.75) is 66.2 Å². The molecule has 0 fully saturated rings. The third kappa shape index (κ3) is 4.52. The Hall–Kier alpha value is -2.29. The number of phenols is 1. The van der Waals surface area contributed by atoms with Crippen LogP contribution < -0.4 is 5.11 Å². The summed E-state index contributed by atoms with van der Waals surface area (Å²) < 4.78 is 0. The van der Waals surface area contributed by atoms with E-state index < -0.39 is 11.9 Å². The van der Waals surface area contributed by atoms with Gasteiger partial charge in [-0.05, 0) is 53.4 Å². The molecule has 0 saturated heterocycles. The van der Waals surface area contributed by atoms with Crippen LogP contribution in [0.5, 0.6) is 5.75 Å². The van der Waals surface area contributed by atoms with Gasteiger partial charge in [-0.25, -0.2) is 0 Å². The van der Waals surface area contributed by atoms with Crippen molar-refractivity contribution in [2.24, 2.45) is 5.41 Å². The maximum atomic E-state index is 12.1. The Labute approximate surface area is 163 Å². The Bertz CT molecular complexity index is 827. The molecule has 0 saturated carbocycles. The highest BCUT2D eigenvalue weighted by atomic mass is 16.4. The second kappa shape index (κ2) is 7.38. The number of aliphatic carboxylic acids is 1. The number of phenolic OH excluding ortho intramolecular Hbond substituents is 1. The molecule has 2 rings (SSSR count). The smallest absolute Gasteiger partial charge is 0.122 e. The van der Waals surface area contributed by atoms with Gasteiger partial charge >= 0.3 is 0 Å². The molecular formula is C24H31O3-. The molecule has 3 heteroatoms. The van der Waals surface area contributed by atoms with E-state index in [1.54, 1.807) is 0 Å². The zero-order valence-electron chi connectivity index (χ0n) is 17.5. The van der Waals surface area contributed by atoms with E-state index in [1.807, 2.05) is 50.2 Å². The van der Waals surface area contributed by atoms with Crippen LogP contribution >= 0.6 is 0 Å². The highest BCUT2D eigenvalue weighted by Gasteiger charge is 2.32. The van der Waals surface area contributed by atoms with E-state index in [0.29, 0.717) is 11.1 Å². The third-order valence-corrected chi connectivity index (χ3v) is 5.29. The Morgan fingerprint density at radius 1 is 1.04 bits per heavy atom. The lowest BCUT2D eigenvalue weighted by molar-refractivity contribution is -0.306. The van der Waals surface area contributed by atoms with E-state index in [-0.39, 0.29) is 16.6 Å². The van der Waals surface area contributed by atoms with Crippen LogP contribution in [0.3, 0.4) is 0 Å². The van der Waals surface area contributed by atoms with Crippen molar-refractivity contribution < 1.29 is 15.0 Å². The minimum absolute atomic E-state index is 0.0715. The molecule has 0 amide bonds. The van der Waals surface area contributed by atoms with E-state index in [9.17, 15) is 15.0 Å². The highest BCUT2D eigenvalue weighted by molar-refractivity contribution is 5.80. The first-order chi connectivity index (χ1) is 12.3. The summed E-state index contributed by atoms with van der Waals surface area (Å²) in [7, 11) is 0. The quantitative estimate of drug-likeness (QED) is 0.840. The van der Waals surface area contributed by atoms with Gasteiger partial charge in [0.1, 0.15) is 5.75 Å². The summed E-state index contributed by atoms with van der Waals surface area (Å²) in [4.78, 5) is 12.1. The Kier molecular flexibility index (Phi) is 5.74. The number of hydrogen-bond donors (Lipinski definition) is 1. The molecular weight excluding hydrogens is 336 g/mol. The molecule has 0 aromatic heterocycles. The number of hydrogen-bond acceptors (Lipinski definition) is 3. The van der Waals surface area contributed by atoms with Gasteiger partial charge in [-0.3, -0.25) is 0 Å². The molecule has 0 aliphatic heterocycles. The average Bonchev–Trinajstić information content (AvgIpc) is 2.53. The number of benzene rings is 2. The molecule has 27 heavy (non-hydrogen) atoms. The average molecular weight is 368 g/mol. The van der Waals surface area contributed by atoms with Crippen LogP contribution in [-0.4, -0.2) is 11.1 Å². The van der Waals surface area contributed by atoms with Gasteiger partial charge in [-0.15, -0.1) is 0 Å². The van der Waals surface area contributed by atoms with Crippen molar-refractivity contribution in [3.63, 3.8) is 0 Å². The monoisotopic (exact) mass is 367 g/mol. The molecule has 0 radical (unpaired) electrons.